The fourth-order valence-electron chi connectivity index (χ4n) is 0.865. The quantitative estimate of drug-likeness (QED) is 0.783. The van der Waals surface area contributed by atoms with Gasteiger partial charge in [-0.3, -0.25) is 4.79 Å². The normalized spacial score (nSPS) is 7.53. The van der Waals surface area contributed by atoms with Crippen LogP contribution in [-0.2, 0) is 0 Å². The average Bonchev–Trinajstić information content (AvgIpc) is 2.35. The van der Waals surface area contributed by atoms with Crippen molar-refractivity contribution in [2.45, 2.75) is 20.8 Å². The Labute approximate surface area is 91.7 Å². The maximum atomic E-state index is 10.4. The molecule has 1 rings (SSSR count). The Balaban J connectivity index is 0. The lowest BCUT2D eigenvalue weighted by atomic mass is 10.2. The van der Waals surface area contributed by atoms with Gasteiger partial charge in [-0.25, -0.2) is 0 Å². The number of aldehydes is 1. The van der Waals surface area contributed by atoms with E-state index in [1.54, 1.807) is 12.1 Å². The highest BCUT2D eigenvalue weighted by Gasteiger charge is 1.97. The molecule has 0 aromatic heterocycles. The Morgan fingerprint density at radius 3 is 2.27 bits per heavy atom. The average molecular weight is 212 g/mol. The Morgan fingerprint density at radius 1 is 1.27 bits per heavy atom. The highest BCUT2D eigenvalue weighted by Crippen LogP contribution is 2.14. The summed E-state index contributed by atoms with van der Waals surface area (Å²) < 4.78 is 5.20. The Bertz CT molecular complexity index is 246. The van der Waals surface area contributed by atoms with Crippen LogP contribution >= 0.6 is 0 Å². The van der Waals surface area contributed by atoms with Gasteiger partial charge in [-0.15, -0.1) is 0 Å². The monoisotopic (exact) mass is 212 g/mol. The molecule has 1 aromatic carbocycles. The van der Waals surface area contributed by atoms with Crippen LogP contribution in [0.1, 0.15) is 31.1 Å². The van der Waals surface area contributed by atoms with E-state index in [9.17, 15) is 4.79 Å². The van der Waals surface area contributed by atoms with E-state index in [4.69, 9.17) is 9.84 Å². The van der Waals surface area contributed by atoms with Crippen molar-refractivity contribution in [3.8, 4) is 5.75 Å². The second-order valence-electron chi connectivity index (χ2n) is 2.09. The Kier molecular flexibility index (Phi) is 13.6. The van der Waals surface area contributed by atoms with Crippen LogP contribution < -0.4 is 4.74 Å². The molecule has 0 saturated heterocycles. The first-order valence-electron chi connectivity index (χ1n) is 5.00. The number of carbonyl (C=O) groups is 1. The molecule has 15 heavy (non-hydrogen) atoms. The molecule has 1 N–H and O–H groups in total. The summed E-state index contributed by atoms with van der Waals surface area (Å²) >= 11 is 0. The van der Waals surface area contributed by atoms with Gasteiger partial charge in [0.1, 0.15) is 5.75 Å². The molecule has 0 aliphatic carbocycles. The predicted molar refractivity (Wildman–Crippen MR) is 62.5 cm³/mol. The molecule has 1 aromatic rings. The molecular formula is C12H20O3. The minimum atomic E-state index is 0.588. The van der Waals surface area contributed by atoms with Crippen molar-refractivity contribution >= 4 is 6.29 Å². The molecule has 0 bridgehead atoms. The molecule has 0 radical (unpaired) electrons. The first kappa shape index (κ1) is 16.1. The van der Waals surface area contributed by atoms with Crippen LogP contribution in [-0.4, -0.2) is 25.1 Å². The van der Waals surface area contributed by atoms with E-state index < -0.39 is 0 Å². The zero-order valence-corrected chi connectivity index (χ0v) is 9.86. The van der Waals surface area contributed by atoms with Gasteiger partial charge in [-0.1, -0.05) is 26.0 Å². The molecule has 0 fully saturated rings. The van der Waals surface area contributed by atoms with Gasteiger partial charge in [0.15, 0.2) is 6.29 Å². The van der Waals surface area contributed by atoms with Crippen LogP contribution in [0.5, 0.6) is 5.75 Å². The summed E-state index contributed by atoms with van der Waals surface area (Å²) in [5.41, 5.74) is 0.606. The summed E-state index contributed by atoms with van der Waals surface area (Å²) in [5, 5.41) is 7.00. The molecule has 0 atom stereocenters. The molecule has 0 unspecified atom stereocenters. The highest BCUT2D eigenvalue weighted by molar-refractivity contribution is 5.79. The van der Waals surface area contributed by atoms with E-state index in [-0.39, 0.29) is 0 Å². The molecule has 0 spiro atoms. The van der Waals surface area contributed by atoms with Crippen LogP contribution in [0.2, 0.25) is 0 Å². The lowest BCUT2D eigenvalue weighted by Gasteiger charge is -2.03. The Morgan fingerprint density at radius 2 is 1.80 bits per heavy atom. The van der Waals surface area contributed by atoms with Gasteiger partial charge >= 0.3 is 0 Å². The largest absolute Gasteiger partial charge is 0.493 e. The zero-order valence-electron chi connectivity index (χ0n) is 9.86. The highest BCUT2D eigenvalue weighted by atomic mass is 16.5. The van der Waals surface area contributed by atoms with Crippen LogP contribution in [0.4, 0.5) is 0 Å². The van der Waals surface area contributed by atoms with Crippen LogP contribution in [0, 0.1) is 0 Å². The van der Waals surface area contributed by atoms with Crippen molar-refractivity contribution in [3.63, 3.8) is 0 Å². The third-order valence-corrected chi connectivity index (χ3v) is 1.35. The van der Waals surface area contributed by atoms with E-state index in [0.29, 0.717) is 17.9 Å². The van der Waals surface area contributed by atoms with Crippen molar-refractivity contribution < 1.29 is 14.6 Å². The number of carbonyl (C=O) groups excluding carboxylic acids is 1. The third kappa shape index (κ3) is 6.69. The van der Waals surface area contributed by atoms with Gasteiger partial charge in [-0.05, 0) is 19.1 Å². The van der Waals surface area contributed by atoms with Crippen molar-refractivity contribution in [2.75, 3.05) is 13.7 Å². The van der Waals surface area contributed by atoms with Gasteiger partial charge in [0.25, 0.3) is 0 Å². The van der Waals surface area contributed by atoms with Crippen molar-refractivity contribution in [1.29, 1.82) is 0 Å². The molecule has 86 valence electrons. The van der Waals surface area contributed by atoms with Gasteiger partial charge in [0.2, 0.25) is 0 Å². The van der Waals surface area contributed by atoms with Crippen LogP contribution in [0.15, 0.2) is 24.3 Å². The van der Waals surface area contributed by atoms with E-state index in [1.165, 1.54) is 0 Å². The molecule has 3 heteroatoms. The smallest absolute Gasteiger partial charge is 0.153 e. The summed E-state index contributed by atoms with van der Waals surface area (Å²) in [6.07, 6.45) is 0.797. The van der Waals surface area contributed by atoms with E-state index in [1.807, 2.05) is 32.9 Å². The minimum Gasteiger partial charge on any atom is -0.493 e. The summed E-state index contributed by atoms with van der Waals surface area (Å²) in [5.74, 6) is 0.657. The van der Waals surface area contributed by atoms with Gasteiger partial charge < -0.3 is 9.84 Å². The molecule has 0 aliphatic heterocycles. The summed E-state index contributed by atoms with van der Waals surface area (Å²) in [6, 6.07) is 7.18. The second-order valence-corrected chi connectivity index (χ2v) is 2.09. The van der Waals surface area contributed by atoms with Crippen molar-refractivity contribution in [2.24, 2.45) is 0 Å². The fourth-order valence-corrected chi connectivity index (χ4v) is 0.865. The first-order valence-corrected chi connectivity index (χ1v) is 5.00. The molecule has 0 amide bonds. The van der Waals surface area contributed by atoms with Crippen molar-refractivity contribution in [1.82, 2.24) is 0 Å². The van der Waals surface area contributed by atoms with E-state index in [0.717, 1.165) is 13.4 Å². The molecular weight excluding hydrogens is 192 g/mol. The first-order chi connectivity index (χ1) is 7.38. The number of ether oxygens (including phenoxy) is 1. The third-order valence-electron chi connectivity index (χ3n) is 1.35. The summed E-state index contributed by atoms with van der Waals surface area (Å²) in [4.78, 5) is 10.4. The summed E-state index contributed by atoms with van der Waals surface area (Å²) in [6.45, 7) is 6.48. The van der Waals surface area contributed by atoms with Gasteiger partial charge in [0, 0.05) is 7.11 Å². The SMILES string of the molecule is CC.CCOc1ccccc1C=O.CO. The predicted octanol–water partition coefficient (Wildman–Crippen LogP) is 2.53. The number of para-hydroxylation sites is 1. The number of aliphatic hydroxyl groups excluding tert-OH is 1. The van der Waals surface area contributed by atoms with E-state index in [2.05, 4.69) is 0 Å². The van der Waals surface area contributed by atoms with Crippen LogP contribution in [0.25, 0.3) is 0 Å². The Hall–Kier alpha value is -1.35. The van der Waals surface area contributed by atoms with Crippen LogP contribution in [0.3, 0.4) is 0 Å². The maximum absolute atomic E-state index is 10.4. The van der Waals surface area contributed by atoms with Gasteiger partial charge in [-0.2, -0.15) is 0 Å². The van der Waals surface area contributed by atoms with Crippen molar-refractivity contribution in [3.05, 3.63) is 29.8 Å². The lowest BCUT2D eigenvalue weighted by Crippen LogP contribution is -1.94. The number of benzene rings is 1. The topological polar surface area (TPSA) is 46.5 Å². The number of hydrogen-bond acceptors (Lipinski definition) is 3. The molecule has 0 saturated carbocycles. The van der Waals surface area contributed by atoms with E-state index >= 15 is 0 Å². The number of hydrogen-bond donors (Lipinski definition) is 1. The molecule has 0 aliphatic rings. The van der Waals surface area contributed by atoms with Gasteiger partial charge in [0.05, 0.1) is 12.2 Å². The molecule has 3 nitrogen and oxygen atoms in total. The second kappa shape index (κ2) is 12.7. The maximum Gasteiger partial charge on any atom is 0.153 e. The standard InChI is InChI=1S/C9H10O2.C2H6.CH4O/c1-2-11-9-6-4-3-5-8(9)7-10;2*1-2/h3-7H,2H2,1H3;1-2H3;2H,1H3. The number of aliphatic hydroxyl groups is 1. The summed E-state index contributed by atoms with van der Waals surface area (Å²) in [7, 11) is 1.00. The minimum absolute atomic E-state index is 0.588. The lowest BCUT2D eigenvalue weighted by molar-refractivity contribution is 0.112. The molecule has 0 heterocycles. The number of rotatable bonds is 3. The fraction of sp³-hybridized carbons (Fsp3) is 0.417. The zero-order chi connectivity index (χ0) is 12.1.